The van der Waals surface area contributed by atoms with E-state index in [9.17, 15) is 0 Å². The van der Waals surface area contributed by atoms with E-state index in [0.29, 0.717) is 5.41 Å². The molecule has 0 heterocycles. The van der Waals surface area contributed by atoms with Crippen LogP contribution >= 0.6 is 0 Å². The van der Waals surface area contributed by atoms with Crippen molar-refractivity contribution in [1.82, 2.24) is 0 Å². The van der Waals surface area contributed by atoms with Gasteiger partial charge in [0.1, 0.15) is 0 Å². The lowest BCUT2D eigenvalue weighted by atomic mass is 9.12. The molecular formula is C29H40. The van der Waals surface area contributed by atoms with E-state index in [0.717, 1.165) is 79.3 Å². The molecule has 11 saturated carbocycles. The maximum atomic E-state index is 2.96. The molecule has 17 atom stereocenters. The molecule has 11 aliphatic carbocycles. The zero-order valence-electron chi connectivity index (χ0n) is 19.7. The van der Waals surface area contributed by atoms with Crippen LogP contribution in [0.15, 0.2) is 0 Å². The van der Waals surface area contributed by atoms with Gasteiger partial charge in [-0.3, -0.25) is 0 Å². The third-order valence-corrected chi connectivity index (χ3v) is 17.9. The van der Waals surface area contributed by atoms with Gasteiger partial charge in [0.15, 0.2) is 0 Å². The third-order valence-electron chi connectivity index (χ3n) is 17.9. The lowest BCUT2D eigenvalue weighted by Gasteiger charge is -2.91. The summed E-state index contributed by atoms with van der Waals surface area (Å²) in [6.45, 7) is 19.4. The lowest BCUT2D eigenvalue weighted by molar-refractivity contribution is -0.460. The predicted molar refractivity (Wildman–Crippen MR) is 114 cm³/mol. The molecule has 0 nitrogen and oxygen atoms in total. The zero-order chi connectivity index (χ0) is 19.7. The first kappa shape index (κ1) is 15.7. The number of rotatable bonds is 3. The van der Waals surface area contributed by atoms with Crippen LogP contribution in [-0.2, 0) is 0 Å². The van der Waals surface area contributed by atoms with E-state index >= 15 is 0 Å². The van der Waals surface area contributed by atoms with Crippen molar-refractivity contribution in [3.8, 4) is 0 Å². The molecule has 0 aromatic heterocycles. The van der Waals surface area contributed by atoms with Crippen LogP contribution < -0.4 is 0 Å². The summed E-state index contributed by atoms with van der Waals surface area (Å²) in [7, 11) is 0. The van der Waals surface area contributed by atoms with Gasteiger partial charge in [0.05, 0.1) is 0 Å². The van der Waals surface area contributed by atoms with Crippen molar-refractivity contribution in [2.45, 2.75) is 80.6 Å². The highest BCUT2D eigenvalue weighted by Crippen LogP contribution is 3.25. The minimum absolute atomic E-state index is 0.690. The summed E-state index contributed by atoms with van der Waals surface area (Å²) < 4.78 is 0. The van der Waals surface area contributed by atoms with E-state index in [1.165, 1.54) is 31.1 Å². The number of hydrogen-bond donors (Lipinski definition) is 0. The van der Waals surface area contributed by atoms with Crippen molar-refractivity contribution in [2.24, 2.45) is 96.6 Å². The van der Waals surface area contributed by atoms with Gasteiger partial charge in [-0.05, 0) is 122 Å². The molecular weight excluding hydrogens is 348 g/mol. The van der Waals surface area contributed by atoms with Crippen molar-refractivity contribution in [1.29, 1.82) is 0 Å². The first-order chi connectivity index (χ1) is 13.8. The molecule has 11 fully saturated rings. The van der Waals surface area contributed by atoms with E-state index in [4.69, 9.17) is 0 Å². The molecule has 0 saturated heterocycles. The van der Waals surface area contributed by atoms with Crippen molar-refractivity contribution in [3.63, 3.8) is 0 Å². The Labute approximate surface area is 177 Å². The average Bonchev–Trinajstić information content (AvgIpc) is 2.94. The molecule has 0 aliphatic heterocycles. The molecule has 6 bridgehead atoms. The minimum atomic E-state index is 0.690. The van der Waals surface area contributed by atoms with Crippen molar-refractivity contribution in [2.75, 3.05) is 0 Å². The standard InChI is InChI=1S/C29H40/c1-8-16-18-17-15-11-26(13(15)4)23(7)14(5)19-22(6)20-21(22)27(23)12-24(20,9-2)25(16,10-3)29(18,27)28(17,19)26/h13-21H,8-12H2,1-7H3. The minimum Gasteiger partial charge on any atom is -0.0651 e. The van der Waals surface area contributed by atoms with Crippen LogP contribution in [0.2, 0.25) is 0 Å². The molecule has 29 heavy (non-hydrogen) atoms. The van der Waals surface area contributed by atoms with Gasteiger partial charge in [-0.2, -0.15) is 0 Å². The topological polar surface area (TPSA) is 0 Å². The fourth-order valence-electron chi connectivity index (χ4n) is 19.8. The first-order valence-corrected chi connectivity index (χ1v) is 13.8. The summed E-state index contributed by atoms with van der Waals surface area (Å²) in [4.78, 5) is 0. The largest absolute Gasteiger partial charge is 0.0651 e. The Bertz CT molecular complexity index is 1010. The first-order valence-electron chi connectivity index (χ1n) is 13.8. The van der Waals surface area contributed by atoms with E-state index in [-0.39, 0.29) is 0 Å². The molecule has 0 radical (unpaired) electrons. The smallest absolute Gasteiger partial charge is 0.00658 e. The Morgan fingerprint density at radius 3 is 2.21 bits per heavy atom. The highest BCUT2D eigenvalue weighted by molar-refractivity contribution is 5.68. The SMILES string of the molecule is CCC1C2C3C4CC5(C4C)C4(C)C(C)C6C7(C)C8C7C47CC8(CC)C1(CC)C27C365. The van der Waals surface area contributed by atoms with E-state index in [1.54, 1.807) is 12.8 Å². The van der Waals surface area contributed by atoms with Gasteiger partial charge in [-0.1, -0.05) is 54.9 Å². The Kier molecular flexibility index (Phi) is 1.73. The fourth-order valence-corrected chi connectivity index (χ4v) is 19.8. The second kappa shape index (κ2) is 3.19. The zero-order valence-corrected chi connectivity index (χ0v) is 19.7. The van der Waals surface area contributed by atoms with Crippen LogP contribution in [0.1, 0.15) is 80.6 Å². The van der Waals surface area contributed by atoms with Crippen LogP contribution in [-0.4, -0.2) is 0 Å². The summed E-state index contributed by atoms with van der Waals surface area (Å²) in [6.07, 6.45) is 7.94. The summed E-state index contributed by atoms with van der Waals surface area (Å²) in [5, 5.41) is 0. The van der Waals surface area contributed by atoms with Crippen LogP contribution in [0, 0.1) is 96.6 Å². The Morgan fingerprint density at radius 1 is 0.828 bits per heavy atom. The van der Waals surface area contributed by atoms with Gasteiger partial charge in [0, 0.05) is 0 Å². The van der Waals surface area contributed by atoms with Crippen LogP contribution in [0.5, 0.6) is 0 Å². The second-order valence-electron chi connectivity index (χ2n) is 15.1. The van der Waals surface area contributed by atoms with E-state index in [2.05, 4.69) is 48.5 Å². The normalized spacial score (nSPS) is 90.1. The number of fused-ring (bicyclic) bond motifs is 5. The quantitative estimate of drug-likeness (QED) is 0.508. The molecule has 11 rings (SSSR count). The molecule has 0 heteroatoms. The fraction of sp³-hybridized carbons (Fsp3) is 1.00. The Hall–Kier alpha value is 0. The number of hydrogen-bond acceptors (Lipinski definition) is 0. The molecule has 17 unspecified atom stereocenters. The lowest BCUT2D eigenvalue weighted by Crippen LogP contribution is -2.89. The summed E-state index contributed by atoms with van der Waals surface area (Å²) in [6, 6.07) is 0. The Morgan fingerprint density at radius 2 is 1.59 bits per heavy atom. The summed E-state index contributed by atoms with van der Waals surface area (Å²) >= 11 is 0. The average molecular weight is 389 g/mol. The maximum Gasteiger partial charge on any atom is -0.00658 e. The van der Waals surface area contributed by atoms with E-state index in [1.807, 2.05) is 0 Å². The second-order valence-corrected chi connectivity index (χ2v) is 15.1. The molecule has 4 spiro atoms. The van der Waals surface area contributed by atoms with Gasteiger partial charge < -0.3 is 0 Å². The molecule has 0 aromatic carbocycles. The molecule has 0 amide bonds. The molecule has 0 N–H and O–H groups in total. The van der Waals surface area contributed by atoms with E-state index < -0.39 is 0 Å². The van der Waals surface area contributed by atoms with Crippen molar-refractivity contribution >= 4 is 0 Å². The molecule has 0 aromatic rings. The van der Waals surface area contributed by atoms with Crippen LogP contribution in [0.4, 0.5) is 0 Å². The van der Waals surface area contributed by atoms with Gasteiger partial charge in [0.25, 0.3) is 0 Å². The predicted octanol–water partition coefficient (Wildman–Crippen LogP) is 6.65. The molecule has 156 valence electrons. The summed E-state index contributed by atoms with van der Waals surface area (Å²) in [5.41, 5.74) is 6.12. The van der Waals surface area contributed by atoms with Crippen molar-refractivity contribution in [3.05, 3.63) is 0 Å². The van der Waals surface area contributed by atoms with Gasteiger partial charge in [-0.25, -0.2) is 0 Å². The Balaban J connectivity index is 1.46. The summed E-state index contributed by atoms with van der Waals surface area (Å²) in [5.74, 6) is 10.0. The maximum absolute atomic E-state index is 2.96. The molecule has 11 aliphatic rings. The van der Waals surface area contributed by atoms with Crippen molar-refractivity contribution < 1.29 is 0 Å². The monoisotopic (exact) mass is 388 g/mol. The van der Waals surface area contributed by atoms with Gasteiger partial charge >= 0.3 is 0 Å². The van der Waals surface area contributed by atoms with Gasteiger partial charge in [0.2, 0.25) is 0 Å². The highest BCUT2D eigenvalue weighted by Gasteiger charge is 3.22. The highest BCUT2D eigenvalue weighted by atomic mass is 15.3. The van der Waals surface area contributed by atoms with Crippen LogP contribution in [0.25, 0.3) is 0 Å². The van der Waals surface area contributed by atoms with Gasteiger partial charge in [-0.15, -0.1) is 0 Å². The van der Waals surface area contributed by atoms with Crippen LogP contribution in [0.3, 0.4) is 0 Å². The third kappa shape index (κ3) is 0.655.